The molecule has 16 heavy (non-hydrogen) atoms. The highest BCUT2D eigenvalue weighted by atomic mass is 16.5. The van der Waals surface area contributed by atoms with Crippen molar-refractivity contribution in [3.63, 3.8) is 0 Å². The molecule has 2 heteroatoms. The molecular formula is C14H27NO. The summed E-state index contributed by atoms with van der Waals surface area (Å²) in [6, 6.07) is 0. The Hall–Kier alpha value is -0.0800. The molecule has 0 aromatic carbocycles. The summed E-state index contributed by atoms with van der Waals surface area (Å²) in [6.07, 6.45) is 3.96. The Bertz CT molecular complexity index is 249. The third kappa shape index (κ3) is 2.78. The molecule has 2 nitrogen and oxygen atoms in total. The third-order valence-corrected chi connectivity index (χ3v) is 4.17. The van der Waals surface area contributed by atoms with Gasteiger partial charge in [0.25, 0.3) is 0 Å². The Morgan fingerprint density at radius 3 is 2.75 bits per heavy atom. The Labute approximate surface area is 100 Å². The fourth-order valence-corrected chi connectivity index (χ4v) is 3.31. The van der Waals surface area contributed by atoms with Gasteiger partial charge in [0.05, 0.1) is 5.60 Å². The lowest BCUT2D eigenvalue weighted by Crippen LogP contribution is -2.36. The van der Waals surface area contributed by atoms with E-state index in [0.717, 1.165) is 25.0 Å². The average Bonchev–Trinajstić information content (AvgIpc) is 2.75. The van der Waals surface area contributed by atoms with E-state index in [0.29, 0.717) is 5.41 Å². The first-order chi connectivity index (χ1) is 7.44. The molecule has 0 radical (unpaired) electrons. The highest BCUT2D eigenvalue weighted by molar-refractivity contribution is 5.07. The Morgan fingerprint density at radius 1 is 1.38 bits per heavy atom. The van der Waals surface area contributed by atoms with Crippen LogP contribution in [0, 0.1) is 17.3 Å². The molecule has 1 aliphatic carbocycles. The van der Waals surface area contributed by atoms with Crippen LogP contribution in [0.5, 0.6) is 0 Å². The van der Waals surface area contributed by atoms with Gasteiger partial charge in [-0.3, -0.25) is 0 Å². The van der Waals surface area contributed by atoms with Crippen molar-refractivity contribution in [2.45, 2.75) is 52.6 Å². The molecule has 1 aliphatic heterocycles. The minimum absolute atomic E-state index is 0.116. The van der Waals surface area contributed by atoms with E-state index in [1.165, 1.54) is 25.8 Å². The molecule has 1 saturated heterocycles. The summed E-state index contributed by atoms with van der Waals surface area (Å²) < 4.78 is 5.81. The Morgan fingerprint density at radius 2 is 2.12 bits per heavy atom. The molecular weight excluding hydrogens is 198 g/mol. The van der Waals surface area contributed by atoms with E-state index in [2.05, 4.69) is 33.0 Å². The van der Waals surface area contributed by atoms with Gasteiger partial charge < -0.3 is 10.1 Å². The van der Waals surface area contributed by atoms with E-state index in [1.807, 2.05) is 0 Å². The van der Waals surface area contributed by atoms with Gasteiger partial charge in [0.15, 0.2) is 0 Å². The highest BCUT2D eigenvalue weighted by Crippen LogP contribution is 2.61. The monoisotopic (exact) mass is 225 g/mol. The van der Waals surface area contributed by atoms with Crippen LogP contribution in [0.1, 0.15) is 47.0 Å². The number of rotatable bonds is 4. The van der Waals surface area contributed by atoms with E-state index in [9.17, 15) is 0 Å². The summed E-state index contributed by atoms with van der Waals surface area (Å²) in [4.78, 5) is 0. The third-order valence-electron chi connectivity index (χ3n) is 4.17. The number of nitrogens with one attached hydrogen (secondary N) is 1. The van der Waals surface area contributed by atoms with Crippen molar-refractivity contribution < 1.29 is 4.74 Å². The van der Waals surface area contributed by atoms with Gasteiger partial charge in [-0.05, 0) is 63.5 Å². The van der Waals surface area contributed by atoms with Crippen LogP contribution in [0.3, 0.4) is 0 Å². The van der Waals surface area contributed by atoms with Crippen molar-refractivity contribution in [1.29, 1.82) is 0 Å². The maximum Gasteiger partial charge on any atom is 0.0631 e. The first kappa shape index (κ1) is 12.4. The van der Waals surface area contributed by atoms with Crippen molar-refractivity contribution in [2.24, 2.45) is 17.3 Å². The van der Waals surface area contributed by atoms with Crippen LogP contribution < -0.4 is 5.32 Å². The normalized spacial score (nSPS) is 36.9. The van der Waals surface area contributed by atoms with Gasteiger partial charge in [0, 0.05) is 6.61 Å². The van der Waals surface area contributed by atoms with Crippen LogP contribution in [0.4, 0.5) is 0 Å². The summed E-state index contributed by atoms with van der Waals surface area (Å²) in [5, 5.41) is 3.60. The zero-order valence-electron chi connectivity index (χ0n) is 11.3. The summed E-state index contributed by atoms with van der Waals surface area (Å²) in [5.41, 5.74) is 0.747. The van der Waals surface area contributed by atoms with Gasteiger partial charge >= 0.3 is 0 Å². The maximum atomic E-state index is 5.81. The van der Waals surface area contributed by atoms with E-state index in [4.69, 9.17) is 4.74 Å². The molecule has 1 spiro atoms. The second-order valence-corrected chi connectivity index (χ2v) is 6.85. The van der Waals surface area contributed by atoms with Gasteiger partial charge in [0.2, 0.25) is 0 Å². The minimum Gasteiger partial charge on any atom is -0.376 e. The van der Waals surface area contributed by atoms with E-state index < -0.39 is 0 Å². The zero-order valence-corrected chi connectivity index (χ0v) is 11.3. The van der Waals surface area contributed by atoms with E-state index in [1.54, 1.807) is 0 Å². The van der Waals surface area contributed by atoms with Gasteiger partial charge in [-0.25, -0.2) is 0 Å². The SMILES string of the molecule is CC(C)CNCC1CC12CCOC(C)(C)C2. The largest absolute Gasteiger partial charge is 0.376 e. The van der Waals surface area contributed by atoms with Gasteiger partial charge in [0.1, 0.15) is 0 Å². The lowest BCUT2D eigenvalue weighted by molar-refractivity contribution is -0.0821. The first-order valence-electron chi connectivity index (χ1n) is 6.78. The van der Waals surface area contributed by atoms with Crippen LogP contribution in [-0.2, 0) is 4.74 Å². The molecule has 2 fully saturated rings. The van der Waals surface area contributed by atoms with Gasteiger partial charge in [-0.1, -0.05) is 13.8 Å². The smallest absolute Gasteiger partial charge is 0.0631 e. The topological polar surface area (TPSA) is 21.3 Å². The highest BCUT2D eigenvalue weighted by Gasteiger charge is 2.57. The first-order valence-corrected chi connectivity index (χ1v) is 6.78. The Kier molecular flexibility index (Phi) is 3.33. The van der Waals surface area contributed by atoms with Crippen molar-refractivity contribution in [3.8, 4) is 0 Å². The van der Waals surface area contributed by atoms with Crippen molar-refractivity contribution in [1.82, 2.24) is 5.32 Å². The summed E-state index contributed by atoms with van der Waals surface area (Å²) >= 11 is 0. The number of hydrogen-bond acceptors (Lipinski definition) is 2. The molecule has 0 aromatic rings. The summed E-state index contributed by atoms with van der Waals surface area (Å²) in [7, 11) is 0. The van der Waals surface area contributed by atoms with Gasteiger partial charge in [-0.15, -0.1) is 0 Å². The molecule has 2 unspecified atom stereocenters. The molecule has 2 atom stereocenters. The van der Waals surface area contributed by atoms with Crippen LogP contribution in [-0.4, -0.2) is 25.3 Å². The molecule has 2 aliphatic rings. The quantitative estimate of drug-likeness (QED) is 0.794. The molecule has 2 rings (SSSR count). The van der Waals surface area contributed by atoms with Crippen LogP contribution in [0.2, 0.25) is 0 Å². The standard InChI is InChI=1S/C14H27NO/c1-11(2)8-15-9-12-7-14(12)5-6-16-13(3,4)10-14/h11-12,15H,5-10H2,1-4H3. The fraction of sp³-hybridized carbons (Fsp3) is 1.00. The number of ether oxygens (including phenoxy) is 1. The molecule has 0 bridgehead atoms. The second-order valence-electron chi connectivity index (χ2n) is 6.85. The van der Waals surface area contributed by atoms with Crippen LogP contribution in [0.15, 0.2) is 0 Å². The molecule has 94 valence electrons. The van der Waals surface area contributed by atoms with E-state index in [-0.39, 0.29) is 5.60 Å². The van der Waals surface area contributed by atoms with Crippen molar-refractivity contribution in [2.75, 3.05) is 19.7 Å². The number of hydrogen-bond donors (Lipinski definition) is 1. The lowest BCUT2D eigenvalue weighted by atomic mass is 9.84. The summed E-state index contributed by atoms with van der Waals surface area (Å²) in [6.45, 7) is 12.4. The minimum atomic E-state index is 0.116. The van der Waals surface area contributed by atoms with Crippen molar-refractivity contribution in [3.05, 3.63) is 0 Å². The van der Waals surface area contributed by atoms with Gasteiger partial charge in [-0.2, -0.15) is 0 Å². The zero-order chi connectivity index (χ0) is 11.8. The van der Waals surface area contributed by atoms with E-state index >= 15 is 0 Å². The Balaban J connectivity index is 1.76. The molecule has 1 N–H and O–H groups in total. The molecule has 0 amide bonds. The molecule has 1 saturated carbocycles. The van der Waals surface area contributed by atoms with Crippen molar-refractivity contribution >= 4 is 0 Å². The van der Waals surface area contributed by atoms with Crippen LogP contribution >= 0.6 is 0 Å². The maximum absolute atomic E-state index is 5.81. The lowest BCUT2D eigenvalue weighted by Gasteiger charge is -2.36. The molecule has 0 aromatic heterocycles. The second kappa shape index (κ2) is 4.30. The molecule has 1 heterocycles. The summed E-state index contributed by atoms with van der Waals surface area (Å²) in [5.74, 6) is 1.68. The average molecular weight is 225 g/mol. The fourth-order valence-electron chi connectivity index (χ4n) is 3.31. The predicted molar refractivity (Wildman–Crippen MR) is 67.5 cm³/mol. The van der Waals surface area contributed by atoms with Crippen LogP contribution in [0.25, 0.3) is 0 Å². The predicted octanol–water partition coefficient (Wildman–Crippen LogP) is 2.83.